The Hall–Kier alpha value is -1.83. The number of nitro benzene ring substituents is 1. The smallest absolute Gasteiger partial charge is 0.420 e. The number of rotatable bonds is 5. The summed E-state index contributed by atoms with van der Waals surface area (Å²) in [6.07, 6.45) is -4.69. The molecular weight excluding hydrogens is 265 g/mol. The van der Waals surface area contributed by atoms with Crippen LogP contribution in [0.2, 0.25) is 0 Å². The van der Waals surface area contributed by atoms with Crippen molar-refractivity contribution in [1.29, 1.82) is 0 Å². The van der Waals surface area contributed by atoms with Crippen LogP contribution in [0.15, 0.2) is 18.2 Å². The molecule has 0 saturated heterocycles. The summed E-state index contributed by atoms with van der Waals surface area (Å²) in [7, 11) is 3.51. The Morgan fingerprint density at radius 3 is 2.47 bits per heavy atom. The maximum Gasteiger partial charge on any atom is 0.420 e. The monoisotopic (exact) mass is 278 g/mol. The molecule has 1 aromatic rings. The Morgan fingerprint density at radius 1 is 1.37 bits per heavy atom. The third-order valence-electron chi connectivity index (χ3n) is 2.28. The lowest BCUT2D eigenvalue weighted by molar-refractivity contribution is -0.385. The summed E-state index contributed by atoms with van der Waals surface area (Å²) in [5.41, 5.74) is -1.76. The number of ether oxygens (including phenoxy) is 1. The van der Waals surface area contributed by atoms with Gasteiger partial charge >= 0.3 is 6.18 Å². The Morgan fingerprint density at radius 2 is 2.00 bits per heavy atom. The summed E-state index contributed by atoms with van der Waals surface area (Å²) in [6.45, 7) is 0.502. The van der Waals surface area contributed by atoms with Gasteiger partial charge in [-0.2, -0.15) is 13.2 Å². The van der Waals surface area contributed by atoms with Gasteiger partial charge in [0.2, 0.25) is 0 Å². The molecule has 0 bridgehead atoms. The second-order valence-electron chi connectivity index (χ2n) is 4.09. The van der Waals surface area contributed by atoms with Crippen LogP contribution in [-0.4, -0.2) is 37.1 Å². The topological polar surface area (TPSA) is 55.6 Å². The van der Waals surface area contributed by atoms with Crippen molar-refractivity contribution in [1.82, 2.24) is 4.90 Å². The molecule has 0 aromatic heterocycles. The number of halogens is 3. The predicted octanol–water partition coefficient (Wildman–Crippen LogP) is 2.55. The van der Waals surface area contributed by atoms with E-state index in [2.05, 4.69) is 0 Å². The zero-order valence-electron chi connectivity index (χ0n) is 10.4. The molecule has 106 valence electrons. The van der Waals surface area contributed by atoms with Crippen LogP contribution in [0.3, 0.4) is 0 Å². The fourth-order valence-electron chi connectivity index (χ4n) is 1.32. The second kappa shape index (κ2) is 5.87. The fraction of sp³-hybridized carbons (Fsp3) is 0.455. The first-order valence-electron chi connectivity index (χ1n) is 5.35. The van der Waals surface area contributed by atoms with Crippen LogP contribution in [0.1, 0.15) is 5.56 Å². The summed E-state index contributed by atoms with van der Waals surface area (Å²) < 4.78 is 43.3. The van der Waals surface area contributed by atoms with Crippen LogP contribution in [0, 0.1) is 10.1 Å². The molecule has 0 N–H and O–H groups in total. The number of hydrogen-bond acceptors (Lipinski definition) is 4. The zero-order chi connectivity index (χ0) is 14.6. The van der Waals surface area contributed by atoms with Crippen molar-refractivity contribution in [3.8, 4) is 5.75 Å². The van der Waals surface area contributed by atoms with Crippen molar-refractivity contribution in [3.63, 3.8) is 0 Å². The first-order chi connectivity index (χ1) is 8.71. The van der Waals surface area contributed by atoms with E-state index in [9.17, 15) is 23.3 Å². The van der Waals surface area contributed by atoms with E-state index in [0.717, 1.165) is 12.1 Å². The first-order valence-corrected chi connectivity index (χ1v) is 5.35. The van der Waals surface area contributed by atoms with Gasteiger partial charge in [0.25, 0.3) is 5.69 Å². The minimum atomic E-state index is -4.69. The van der Waals surface area contributed by atoms with Crippen LogP contribution >= 0.6 is 0 Å². The van der Waals surface area contributed by atoms with Crippen molar-refractivity contribution in [2.45, 2.75) is 6.18 Å². The molecule has 19 heavy (non-hydrogen) atoms. The average molecular weight is 278 g/mol. The number of hydrogen-bond donors (Lipinski definition) is 0. The summed E-state index contributed by atoms with van der Waals surface area (Å²) >= 11 is 0. The number of benzene rings is 1. The van der Waals surface area contributed by atoms with E-state index in [1.807, 2.05) is 0 Å². The van der Waals surface area contributed by atoms with Gasteiger partial charge in [0, 0.05) is 18.7 Å². The van der Waals surface area contributed by atoms with Crippen LogP contribution < -0.4 is 4.74 Å². The average Bonchev–Trinajstić information content (AvgIpc) is 2.27. The van der Waals surface area contributed by atoms with Gasteiger partial charge in [0.1, 0.15) is 17.9 Å². The highest BCUT2D eigenvalue weighted by Gasteiger charge is 2.36. The van der Waals surface area contributed by atoms with Gasteiger partial charge in [-0.05, 0) is 20.2 Å². The van der Waals surface area contributed by atoms with E-state index in [0.29, 0.717) is 12.6 Å². The van der Waals surface area contributed by atoms with Gasteiger partial charge in [-0.15, -0.1) is 0 Å². The molecule has 8 heteroatoms. The van der Waals surface area contributed by atoms with Crippen molar-refractivity contribution in [2.75, 3.05) is 27.2 Å². The Balaban J connectivity index is 3.00. The van der Waals surface area contributed by atoms with Gasteiger partial charge in [-0.1, -0.05) is 0 Å². The molecule has 0 heterocycles. The highest BCUT2D eigenvalue weighted by molar-refractivity contribution is 5.45. The number of likely N-dealkylation sites (N-methyl/N-ethyl adjacent to an activating group) is 1. The molecule has 5 nitrogen and oxygen atoms in total. The van der Waals surface area contributed by atoms with Crippen molar-refractivity contribution in [2.24, 2.45) is 0 Å². The minimum Gasteiger partial charge on any atom is -0.492 e. The quantitative estimate of drug-likeness (QED) is 0.613. The third kappa shape index (κ3) is 4.40. The Kier molecular flexibility index (Phi) is 4.71. The highest BCUT2D eigenvalue weighted by atomic mass is 19.4. The van der Waals surface area contributed by atoms with E-state index in [-0.39, 0.29) is 6.61 Å². The molecule has 1 rings (SSSR count). The van der Waals surface area contributed by atoms with E-state index >= 15 is 0 Å². The van der Waals surface area contributed by atoms with Crippen LogP contribution in [0.5, 0.6) is 5.75 Å². The lowest BCUT2D eigenvalue weighted by atomic mass is 10.1. The molecular formula is C11H13F3N2O3. The number of nitrogens with zero attached hydrogens (tertiary/aromatic N) is 2. The lowest BCUT2D eigenvalue weighted by Crippen LogP contribution is -2.20. The fourth-order valence-corrected chi connectivity index (χ4v) is 1.32. The molecule has 1 aromatic carbocycles. The van der Waals surface area contributed by atoms with Gasteiger partial charge in [0.05, 0.1) is 4.92 Å². The van der Waals surface area contributed by atoms with E-state index in [4.69, 9.17) is 4.74 Å². The summed E-state index contributed by atoms with van der Waals surface area (Å²) in [4.78, 5) is 11.4. The maximum absolute atomic E-state index is 12.8. The minimum absolute atomic E-state index is 0.0634. The largest absolute Gasteiger partial charge is 0.492 e. The predicted molar refractivity (Wildman–Crippen MR) is 62.1 cm³/mol. The number of non-ortho nitro benzene ring substituents is 1. The SMILES string of the molecule is CN(C)CCOc1ccc([N+](=O)[O-])cc1C(F)(F)F. The summed E-state index contributed by atoms with van der Waals surface area (Å²) in [6, 6.07) is 2.43. The van der Waals surface area contributed by atoms with Crippen molar-refractivity contribution >= 4 is 5.69 Å². The lowest BCUT2D eigenvalue weighted by Gasteiger charge is -2.15. The standard InChI is InChI=1S/C11H13F3N2O3/c1-15(2)5-6-19-10-4-3-8(16(17)18)7-9(10)11(12,13)14/h3-4,7H,5-6H2,1-2H3. The molecule has 0 unspecified atom stereocenters. The zero-order valence-corrected chi connectivity index (χ0v) is 10.4. The number of nitro groups is 1. The molecule has 0 amide bonds. The molecule has 0 aliphatic rings. The van der Waals surface area contributed by atoms with E-state index in [1.54, 1.807) is 19.0 Å². The molecule has 0 aliphatic heterocycles. The van der Waals surface area contributed by atoms with E-state index in [1.165, 1.54) is 0 Å². The molecule has 0 saturated carbocycles. The molecule has 0 fully saturated rings. The Labute approximate surface area is 107 Å². The maximum atomic E-state index is 12.8. The summed E-state index contributed by atoms with van der Waals surface area (Å²) in [5.74, 6) is -0.403. The van der Waals surface area contributed by atoms with Gasteiger partial charge < -0.3 is 9.64 Å². The molecule has 0 spiro atoms. The van der Waals surface area contributed by atoms with E-state index < -0.39 is 28.1 Å². The first kappa shape index (κ1) is 15.2. The van der Waals surface area contributed by atoms with Gasteiger partial charge in [0.15, 0.2) is 0 Å². The van der Waals surface area contributed by atoms with Crippen LogP contribution in [0.25, 0.3) is 0 Å². The summed E-state index contributed by atoms with van der Waals surface area (Å²) in [5, 5.41) is 10.5. The van der Waals surface area contributed by atoms with Gasteiger partial charge in [-0.25, -0.2) is 0 Å². The highest BCUT2D eigenvalue weighted by Crippen LogP contribution is 2.38. The van der Waals surface area contributed by atoms with Gasteiger partial charge in [-0.3, -0.25) is 10.1 Å². The second-order valence-corrected chi connectivity index (χ2v) is 4.09. The van der Waals surface area contributed by atoms with Crippen molar-refractivity contribution < 1.29 is 22.8 Å². The third-order valence-corrected chi connectivity index (χ3v) is 2.28. The molecule has 0 radical (unpaired) electrons. The van der Waals surface area contributed by atoms with Crippen LogP contribution in [0.4, 0.5) is 18.9 Å². The molecule has 0 atom stereocenters. The van der Waals surface area contributed by atoms with Crippen LogP contribution in [-0.2, 0) is 6.18 Å². The molecule has 0 aliphatic carbocycles. The number of alkyl halides is 3. The Bertz CT molecular complexity index is 461. The van der Waals surface area contributed by atoms with Crippen molar-refractivity contribution in [3.05, 3.63) is 33.9 Å². The normalized spacial score (nSPS) is 11.7.